The van der Waals surface area contributed by atoms with Gasteiger partial charge in [0, 0.05) is 12.6 Å². The van der Waals surface area contributed by atoms with Crippen LogP contribution in [0.1, 0.15) is 12.0 Å². The summed E-state index contributed by atoms with van der Waals surface area (Å²) in [7, 11) is -3.47. The third kappa shape index (κ3) is 2.82. The minimum atomic E-state index is -3.47. The van der Waals surface area contributed by atoms with Gasteiger partial charge in [-0.05, 0) is 37.2 Å². The molecule has 1 atom stereocenters. The van der Waals surface area contributed by atoms with Crippen molar-refractivity contribution in [3.05, 3.63) is 29.8 Å². The molecule has 0 radical (unpaired) electrons. The lowest BCUT2D eigenvalue weighted by Crippen LogP contribution is -2.36. The highest BCUT2D eigenvalue weighted by molar-refractivity contribution is 7.89. The second-order valence-corrected chi connectivity index (χ2v) is 5.66. The molecule has 0 saturated carbocycles. The molecule has 5 nitrogen and oxygen atoms in total. The van der Waals surface area contributed by atoms with E-state index in [-0.39, 0.29) is 10.9 Å². The lowest BCUT2D eigenvalue weighted by molar-refractivity contribution is 0.560. The summed E-state index contributed by atoms with van der Waals surface area (Å²) in [6.45, 7) is 1.50. The summed E-state index contributed by atoms with van der Waals surface area (Å²) in [5, 5.41) is 11.7. The zero-order chi connectivity index (χ0) is 12.3. The Balaban J connectivity index is 2.16. The molecule has 90 valence electrons. The number of benzene rings is 1. The van der Waals surface area contributed by atoms with E-state index in [4.69, 9.17) is 5.26 Å². The van der Waals surface area contributed by atoms with Crippen LogP contribution in [-0.4, -0.2) is 27.5 Å². The van der Waals surface area contributed by atoms with E-state index < -0.39 is 10.0 Å². The monoisotopic (exact) mass is 251 g/mol. The summed E-state index contributed by atoms with van der Waals surface area (Å²) in [6.07, 6.45) is 0.801. The van der Waals surface area contributed by atoms with Crippen molar-refractivity contribution in [3.8, 4) is 6.07 Å². The molecule has 0 spiro atoms. The molecule has 0 bridgehead atoms. The predicted octanol–water partition coefficient (Wildman–Crippen LogP) is 0.198. The van der Waals surface area contributed by atoms with Gasteiger partial charge in [0.05, 0.1) is 16.5 Å². The van der Waals surface area contributed by atoms with Gasteiger partial charge in [-0.25, -0.2) is 13.1 Å². The Morgan fingerprint density at radius 3 is 2.59 bits per heavy atom. The lowest BCUT2D eigenvalue weighted by Gasteiger charge is -2.11. The molecule has 1 aliphatic rings. The van der Waals surface area contributed by atoms with Crippen LogP contribution in [0.3, 0.4) is 0 Å². The summed E-state index contributed by atoms with van der Waals surface area (Å²) < 4.78 is 26.6. The Morgan fingerprint density at radius 1 is 1.35 bits per heavy atom. The Kier molecular flexibility index (Phi) is 3.43. The van der Waals surface area contributed by atoms with E-state index in [1.54, 1.807) is 0 Å². The van der Waals surface area contributed by atoms with Gasteiger partial charge in [-0.15, -0.1) is 0 Å². The summed E-state index contributed by atoms with van der Waals surface area (Å²) in [5.74, 6) is 0. The lowest BCUT2D eigenvalue weighted by atomic mass is 10.2. The van der Waals surface area contributed by atoms with Crippen molar-refractivity contribution < 1.29 is 8.42 Å². The first kappa shape index (κ1) is 12.0. The standard InChI is InChI=1S/C11H13N3O2S/c12-7-9-1-3-11(4-2-9)17(15,16)14-10-5-6-13-8-10/h1-4,10,13-14H,5-6,8H2/t10-/m1/s1. The molecule has 17 heavy (non-hydrogen) atoms. The average Bonchev–Trinajstić information content (AvgIpc) is 2.81. The number of hydrogen-bond donors (Lipinski definition) is 2. The Hall–Kier alpha value is -1.42. The zero-order valence-electron chi connectivity index (χ0n) is 9.18. The maximum Gasteiger partial charge on any atom is 0.240 e. The fourth-order valence-electron chi connectivity index (χ4n) is 1.75. The smallest absolute Gasteiger partial charge is 0.240 e. The van der Waals surface area contributed by atoms with Crippen LogP contribution in [0, 0.1) is 11.3 Å². The van der Waals surface area contributed by atoms with Crippen LogP contribution in [0.2, 0.25) is 0 Å². The molecule has 0 amide bonds. The topological polar surface area (TPSA) is 82.0 Å². The number of rotatable bonds is 3. The van der Waals surface area contributed by atoms with Crippen LogP contribution in [0.25, 0.3) is 0 Å². The molecule has 2 N–H and O–H groups in total. The van der Waals surface area contributed by atoms with Gasteiger partial charge in [0.2, 0.25) is 10.0 Å². The van der Waals surface area contributed by atoms with Crippen LogP contribution in [0.4, 0.5) is 0 Å². The van der Waals surface area contributed by atoms with Crippen LogP contribution in [0.15, 0.2) is 29.2 Å². The number of nitrogens with one attached hydrogen (secondary N) is 2. The Bertz CT molecular complexity index is 525. The number of nitrogens with zero attached hydrogens (tertiary/aromatic N) is 1. The fourth-order valence-corrected chi connectivity index (χ4v) is 3.02. The molecule has 0 unspecified atom stereocenters. The molecule has 1 fully saturated rings. The van der Waals surface area contributed by atoms with Gasteiger partial charge in [0.25, 0.3) is 0 Å². The van der Waals surface area contributed by atoms with E-state index in [0.717, 1.165) is 13.0 Å². The first-order chi connectivity index (χ1) is 8.12. The average molecular weight is 251 g/mol. The summed E-state index contributed by atoms with van der Waals surface area (Å²) in [5.41, 5.74) is 0.450. The van der Waals surface area contributed by atoms with Gasteiger partial charge in [0.15, 0.2) is 0 Å². The minimum Gasteiger partial charge on any atom is -0.315 e. The molecular formula is C11H13N3O2S. The van der Waals surface area contributed by atoms with Crippen molar-refractivity contribution in [2.75, 3.05) is 13.1 Å². The quantitative estimate of drug-likeness (QED) is 0.804. The SMILES string of the molecule is N#Cc1ccc(S(=O)(=O)N[C@@H]2CCNC2)cc1. The van der Waals surface area contributed by atoms with Crippen molar-refractivity contribution in [2.24, 2.45) is 0 Å². The summed E-state index contributed by atoms with van der Waals surface area (Å²) in [4.78, 5) is 0.198. The number of hydrogen-bond acceptors (Lipinski definition) is 4. The molecule has 2 rings (SSSR count). The van der Waals surface area contributed by atoms with E-state index in [9.17, 15) is 8.42 Å². The number of sulfonamides is 1. The van der Waals surface area contributed by atoms with E-state index in [2.05, 4.69) is 10.0 Å². The summed E-state index contributed by atoms with van der Waals surface area (Å²) in [6, 6.07) is 7.81. The Morgan fingerprint density at radius 2 is 2.06 bits per heavy atom. The molecule has 0 aliphatic carbocycles. The molecule has 1 saturated heterocycles. The molecular weight excluding hydrogens is 238 g/mol. The van der Waals surface area contributed by atoms with Crippen molar-refractivity contribution in [3.63, 3.8) is 0 Å². The first-order valence-corrected chi connectivity index (χ1v) is 6.83. The van der Waals surface area contributed by atoms with Crippen LogP contribution in [0.5, 0.6) is 0 Å². The molecule has 1 aromatic rings. The first-order valence-electron chi connectivity index (χ1n) is 5.35. The molecule has 6 heteroatoms. The Labute approximate surface area is 101 Å². The van der Waals surface area contributed by atoms with Gasteiger partial charge in [0.1, 0.15) is 0 Å². The normalized spacial score (nSPS) is 20.1. The zero-order valence-corrected chi connectivity index (χ0v) is 10.00. The largest absolute Gasteiger partial charge is 0.315 e. The van der Waals surface area contributed by atoms with Crippen LogP contribution < -0.4 is 10.0 Å². The number of nitriles is 1. The van der Waals surface area contributed by atoms with Crippen molar-refractivity contribution >= 4 is 10.0 Å². The molecule has 0 aromatic heterocycles. The third-order valence-electron chi connectivity index (χ3n) is 2.68. The highest BCUT2D eigenvalue weighted by Gasteiger charge is 2.22. The van der Waals surface area contributed by atoms with Gasteiger partial charge in [-0.2, -0.15) is 5.26 Å². The van der Waals surface area contributed by atoms with Crippen molar-refractivity contribution in [1.82, 2.24) is 10.0 Å². The van der Waals surface area contributed by atoms with Crippen molar-refractivity contribution in [2.45, 2.75) is 17.4 Å². The van der Waals surface area contributed by atoms with Crippen LogP contribution >= 0.6 is 0 Å². The van der Waals surface area contributed by atoms with Crippen molar-refractivity contribution in [1.29, 1.82) is 5.26 Å². The highest BCUT2D eigenvalue weighted by Crippen LogP contribution is 2.11. The van der Waals surface area contributed by atoms with E-state index in [0.29, 0.717) is 12.1 Å². The van der Waals surface area contributed by atoms with E-state index in [1.165, 1.54) is 24.3 Å². The van der Waals surface area contributed by atoms with Gasteiger partial charge >= 0.3 is 0 Å². The third-order valence-corrected chi connectivity index (χ3v) is 4.21. The van der Waals surface area contributed by atoms with Gasteiger partial charge in [-0.3, -0.25) is 0 Å². The summed E-state index contributed by atoms with van der Waals surface area (Å²) >= 11 is 0. The fraction of sp³-hybridized carbons (Fsp3) is 0.364. The van der Waals surface area contributed by atoms with E-state index >= 15 is 0 Å². The van der Waals surface area contributed by atoms with Gasteiger partial charge in [-0.1, -0.05) is 0 Å². The predicted molar refractivity (Wildman–Crippen MR) is 62.8 cm³/mol. The van der Waals surface area contributed by atoms with Gasteiger partial charge < -0.3 is 5.32 Å². The van der Waals surface area contributed by atoms with Crippen LogP contribution in [-0.2, 0) is 10.0 Å². The maximum atomic E-state index is 12.0. The van der Waals surface area contributed by atoms with E-state index in [1.807, 2.05) is 6.07 Å². The minimum absolute atomic E-state index is 0.0457. The second-order valence-electron chi connectivity index (χ2n) is 3.95. The molecule has 1 aromatic carbocycles. The molecule has 1 heterocycles. The maximum absolute atomic E-state index is 12.0. The highest BCUT2D eigenvalue weighted by atomic mass is 32.2. The second kappa shape index (κ2) is 4.84. The molecule has 1 aliphatic heterocycles.